The molecule has 4 rings (SSSR count). The second kappa shape index (κ2) is 11.1. The Kier molecular flexibility index (Phi) is 7.69. The van der Waals surface area contributed by atoms with Crippen molar-refractivity contribution in [2.24, 2.45) is 7.05 Å². The van der Waals surface area contributed by atoms with Crippen molar-refractivity contribution in [3.63, 3.8) is 0 Å². The highest BCUT2D eigenvalue weighted by Crippen LogP contribution is 2.35. The number of ether oxygens (including phenoxy) is 3. The molecule has 3 aromatic rings. The zero-order valence-corrected chi connectivity index (χ0v) is 19.8. The summed E-state index contributed by atoms with van der Waals surface area (Å²) in [5, 5.41) is 11.8. The molecule has 1 unspecified atom stereocenters. The van der Waals surface area contributed by atoms with Crippen LogP contribution < -0.4 is 14.8 Å². The number of thioether (sulfide) groups is 1. The number of rotatable bonds is 9. The van der Waals surface area contributed by atoms with Gasteiger partial charge in [0.2, 0.25) is 5.91 Å². The van der Waals surface area contributed by atoms with Crippen molar-refractivity contribution in [3.05, 3.63) is 59.9 Å². The number of carbonyl (C=O) groups excluding carboxylic acids is 2. The van der Waals surface area contributed by atoms with Crippen LogP contribution in [0.2, 0.25) is 0 Å². The Morgan fingerprint density at radius 2 is 1.91 bits per heavy atom. The molecule has 178 valence electrons. The Bertz CT molecular complexity index is 1150. The Hall–Kier alpha value is -3.53. The molecular formula is C24H26N4O5S. The van der Waals surface area contributed by atoms with Gasteiger partial charge in [-0.1, -0.05) is 37.2 Å². The van der Waals surface area contributed by atoms with E-state index >= 15 is 0 Å². The number of benzene rings is 2. The van der Waals surface area contributed by atoms with Gasteiger partial charge in [0.25, 0.3) is 0 Å². The number of carbonyl (C=O) groups is 2. The number of amides is 1. The van der Waals surface area contributed by atoms with Crippen molar-refractivity contribution in [1.82, 2.24) is 14.8 Å². The topological polar surface area (TPSA) is 105 Å². The smallest absolute Gasteiger partial charge is 0.338 e. The molecule has 10 heteroatoms. The van der Waals surface area contributed by atoms with Crippen LogP contribution in [-0.2, 0) is 16.6 Å². The molecule has 9 nitrogen and oxygen atoms in total. The minimum Gasteiger partial charge on any atom is -0.485 e. The number of nitrogens with one attached hydrogen (secondary N) is 1. The standard InChI is InChI=1S/C24H26N4O5S/c1-3-4-13-31-23(30)16-9-11-17(12-10-16)25-21(29)15-34-24-27-26-22(28(24)2)20-14-32-18-7-5-6-8-19(18)33-20/h5-12,20H,3-4,13-15H2,1-2H3,(H,25,29). The van der Waals surface area contributed by atoms with Crippen LogP contribution in [0.4, 0.5) is 5.69 Å². The summed E-state index contributed by atoms with van der Waals surface area (Å²) in [5.41, 5.74) is 1.05. The van der Waals surface area contributed by atoms with Gasteiger partial charge in [-0.05, 0) is 42.8 Å². The van der Waals surface area contributed by atoms with Gasteiger partial charge in [0.1, 0.15) is 6.61 Å². The van der Waals surface area contributed by atoms with E-state index < -0.39 is 0 Å². The average Bonchev–Trinajstić information content (AvgIpc) is 3.23. The van der Waals surface area contributed by atoms with Crippen LogP contribution in [0.25, 0.3) is 0 Å². The number of aromatic nitrogens is 3. The number of para-hydroxylation sites is 2. The summed E-state index contributed by atoms with van der Waals surface area (Å²) in [5.74, 6) is 1.58. The number of hydrogen-bond acceptors (Lipinski definition) is 8. The Balaban J connectivity index is 1.28. The van der Waals surface area contributed by atoms with Gasteiger partial charge in [-0.2, -0.15) is 0 Å². The normalized spacial score (nSPS) is 14.5. The summed E-state index contributed by atoms with van der Waals surface area (Å²) in [6, 6.07) is 14.1. The van der Waals surface area contributed by atoms with E-state index in [4.69, 9.17) is 14.2 Å². The molecule has 1 atom stereocenters. The van der Waals surface area contributed by atoms with Crippen molar-refractivity contribution in [1.29, 1.82) is 0 Å². The molecule has 34 heavy (non-hydrogen) atoms. The molecule has 1 amide bonds. The predicted molar refractivity (Wildman–Crippen MR) is 127 cm³/mol. The molecule has 0 saturated carbocycles. The van der Waals surface area contributed by atoms with E-state index in [-0.39, 0.29) is 23.7 Å². The average molecular weight is 483 g/mol. The number of anilines is 1. The number of unbranched alkanes of at least 4 members (excludes halogenated alkanes) is 1. The van der Waals surface area contributed by atoms with Crippen molar-refractivity contribution < 1.29 is 23.8 Å². The van der Waals surface area contributed by atoms with E-state index in [1.165, 1.54) is 11.8 Å². The van der Waals surface area contributed by atoms with Crippen LogP contribution in [0.3, 0.4) is 0 Å². The molecule has 2 aromatic carbocycles. The summed E-state index contributed by atoms with van der Waals surface area (Å²) in [4.78, 5) is 24.4. The molecular weight excluding hydrogens is 456 g/mol. The number of fused-ring (bicyclic) bond motifs is 1. The summed E-state index contributed by atoms with van der Waals surface area (Å²) in [7, 11) is 1.83. The molecule has 0 spiro atoms. The van der Waals surface area contributed by atoms with Crippen molar-refractivity contribution in [2.75, 3.05) is 24.3 Å². The molecule has 2 heterocycles. The van der Waals surface area contributed by atoms with Gasteiger partial charge in [-0.15, -0.1) is 10.2 Å². The van der Waals surface area contributed by atoms with Gasteiger partial charge in [0.15, 0.2) is 28.6 Å². The van der Waals surface area contributed by atoms with Crippen LogP contribution in [0.1, 0.15) is 42.1 Å². The first-order valence-corrected chi connectivity index (χ1v) is 12.0. The molecule has 0 fully saturated rings. The number of nitrogens with zero attached hydrogens (tertiary/aromatic N) is 3. The molecule has 1 aliphatic rings. The van der Waals surface area contributed by atoms with Crippen molar-refractivity contribution in [2.45, 2.75) is 31.0 Å². The monoisotopic (exact) mass is 482 g/mol. The zero-order valence-electron chi connectivity index (χ0n) is 19.0. The van der Waals surface area contributed by atoms with Gasteiger partial charge >= 0.3 is 5.97 Å². The van der Waals surface area contributed by atoms with E-state index in [1.807, 2.05) is 38.2 Å². The summed E-state index contributed by atoms with van der Waals surface area (Å²) >= 11 is 1.27. The van der Waals surface area contributed by atoms with E-state index in [1.54, 1.807) is 28.8 Å². The molecule has 0 radical (unpaired) electrons. The van der Waals surface area contributed by atoms with E-state index in [9.17, 15) is 9.59 Å². The molecule has 0 aliphatic carbocycles. The number of esters is 1. The van der Waals surface area contributed by atoms with Crippen LogP contribution >= 0.6 is 11.8 Å². The largest absolute Gasteiger partial charge is 0.485 e. The molecule has 1 aromatic heterocycles. The SMILES string of the molecule is CCCCOC(=O)c1ccc(NC(=O)CSc2nnc(C3COc4ccccc4O3)n2C)cc1. The van der Waals surface area contributed by atoms with Crippen LogP contribution in [0.15, 0.2) is 53.7 Å². The Morgan fingerprint density at radius 3 is 2.68 bits per heavy atom. The van der Waals surface area contributed by atoms with Gasteiger partial charge < -0.3 is 24.1 Å². The third-order valence-electron chi connectivity index (χ3n) is 5.13. The van der Waals surface area contributed by atoms with E-state index in [2.05, 4.69) is 15.5 Å². The highest BCUT2D eigenvalue weighted by Gasteiger charge is 2.27. The quantitative estimate of drug-likeness (QED) is 0.277. The molecule has 1 N–H and O–H groups in total. The van der Waals surface area contributed by atoms with Gasteiger partial charge in [0.05, 0.1) is 17.9 Å². The maximum absolute atomic E-state index is 12.4. The van der Waals surface area contributed by atoms with Crippen molar-refractivity contribution in [3.8, 4) is 11.5 Å². The lowest BCUT2D eigenvalue weighted by atomic mass is 10.2. The first kappa shape index (κ1) is 23.6. The summed E-state index contributed by atoms with van der Waals surface area (Å²) in [6.07, 6.45) is 1.41. The highest BCUT2D eigenvalue weighted by molar-refractivity contribution is 7.99. The van der Waals surface area contributed by atoms with Crippen LogP contribution in [0.5, 0.6) is 11.5 Å². The predicted octanol–water partition coefficient (Wildman–Crippen LogP) is 4.02. The van der Waals surface area contributed by atoms with Gasteiger partial charge in [-0.25, -0.2) is 4.79 Å². The minimum atomic E-state index is -0.386. The zero-order chi connectivity index (χ0) is 23.9. The van der Waals surface area contributed by atoms with Crippen LogP contribution in [0, 0.1) is 0 Å². The lowest BCUT2D eigenvalue weighted by Gasteiger charge is -2.25. The maximum Gasteiger partial charge on any atom is 0.338 e. The second-order valence-electron chi connectivity index (χ2n) is 7.67. The van der Waals surface area contributed by atoms with Gasteiger partial charge in [-0.3, -0.25) is 4.79 Å². The fourth-order valence-corrected chi connectivity index (χ4v) is 4.01. The minimum absolute atomic E-state index is 0.150. The Morgan fingerprint density at radius 1 is 1.15 bits per heavy atom. The van der Waals surface area contributed by atoms with Crippen LogP contribution in [-0.4, -0.2) is 45.6 Å². The highest BCUT2D eigenvalue weighted by atomic mass is 32.2. The molecule has 1 aliphatic heterocycles. The maximum atomic E-state index is 12.4. The fraction of sp³-hybridized carbons (Fsp3) is 0.333. The van der Waals surface area contributed by atoms with Crippen molar-refractivity contribution >= 4 is 29.3 Å². The lowest BCUT2D eigenvalue weighted by molar-refractivity contribution is -0.113. The Labute approximate surface area is 201 Å². The molecule has 0 bridgehead atoms. The first-order chi connectivity index (χ1) is 16.5. The third-order valence-corrected chi connectivity index (χ3v) is 6.15. The summed E-state index contributed by atoms with van der Waals surface area (Å²) in [6.45, 7) is 2.77. The summed E-state index contributed by atoms with van der Waals surface area (Å²) < 4.78 is 18.8. The molecule has 0 saturated heterocycles. The second-order valence-corrected chi connectivity index (χ2v) is 8.61. The van der Waals surface area contributed by atoms with E-state index in [0.29, 0.717) is 46.9 Å². The first-order valence-electron chi connectivity index (χ1n) is 11.0. The number of hydrogen-bond donors (Lipinski definition) is 1. The van der Waals surface area contributed by atoms with Gasteiger partial charge in [0, 0.05) is 12.7 Å². The fourth-order valence-electron chi connectivity index (χ4n) is 3.29. The lowest BCUT2D eigenvalue weighted by Crippen LogP contribution is -2.24. The third kappa shape index (κ3) is 5.69. The van der Waals surface area contributed by atoms with E-state index in [0.717, 1.165) is 12.8 Å².